The van der Waals surface area contributed by atoms with E-state index in [0.29, 0.717) is 11.6 Å². The SMILES string of the molecule is Cc1cccc(C(CN)Nc2ccc(Cl)c(Br)c2)c1. The Labute approximate surface area is 127 Å². The van der Waals surface area contributed by atoms with Gasteiger partial charge in [-0.3, -0.25) is 0 Å². The smallest absolute Gasteiger partial charge is 0.0636 e. The molecule has 2 aromatic rings. The Bertz CT molecular complexity index is 572. The maximum Gasteiger partial charge on any atom is 0.0636 e. The first-order valence-corrected chi connectivity index (χ1v) is 7.25. The lowest BCUT2D eigenvalue weighted by molar-refractivity contribution is 0.789. The van der Waals surface area contributed by atoms with Gasteiger partial charge in [0.25, 0.3) is 0 Å². The normalized spacial score (nSPS) is 12.2. The standard InChI is InChI=1S/C15H16BrClN2/c1-10-3-2-4-11(7-10)15(9-18)19-12-5-6-14(17)13(16)8-12/h2-8,15,19H,9,18H2,1H3. The van der Waals surface area contributed by atoms with Gasteiger partial charge in [-0.25, -0.2) is 0 Å². The van der Waals surface area contributed by atoms with Gasteiger partial charge in [-0.1, -0.05) is 41.4 Å². The summed E-state index contributed by atoms with van der Waals surface area (Å²) < 4.78 is 0.874. The summed E-state index contributed by atoms with van der Waals surface area (Å²) >= 11 is 9.41. The molecule has 19 heavy (non-hydrogen) atoms. The Balaban J connectivity index is 2.21. The summed E-state index contributed by atoms with van der Waals surface area (Å²) in [7, 11) is 0. The highest BCUT2D eigenvalue weighted by molar-refractivity contribution is 9.10. The Morgan fingerprint density at radius 2 is 2.05 bits per heavy atom. The predicted octanol–water partition coefficient (Wildman–Crippen LogP) is 4.52. The Morgan fingerprint density at radius 3 is 2.68 bits per heavy atom. The molecule has 0 spiro atoms. The van der Waals surface area contributed by atoms with Crippen LogP contribution < -0.4 is 11.1 Å². The van der Waals surface area contributed by atoms with Crippen molar-refractivity contribution in [1.29, 1.82) is 0 Å². The summed E-state index contributed by atoms with van der Waals surface area (Å²) in [5.41, 5.74) is 9.28. The number of halogens is 2. The first kappa shape index (κ1) is 14.4. The minimum atomic E-state index is 0.0907. The van der Waals surface area contributed by atoms with Crippen molar-refractivity contribution in [3.05, 3.63) is 63.1 Å². The number of aryl methyl sites for hydroxylation is 1. The fourth-order valence-corrected chi connectivity index (χ4v) is 2.45. The molecule has 0 bridgehead atoms. The van der Waals surface area contributed by atoms with Crippen LogP contribution in [0.3, 0.4) is 0 Å². The average Bonchev–Trinajstić information content (AvgIpc) is 2.40. The van der Waals surface area contributed by atoms with Crippen LogP contribution in [-0.4, -0.2) is 6.54 Å². The van der Waals surface area contributed by atoms with E-state index in [-0.39, 0.29) is 6.04 Å². The molecular weight excluding hydrogens is 324 g/mol. The molecule has 4 heteroatoms. The third-order valence-corrected chi connectivity index (χ3v) is 4.15. The van der Waals surface area contributed by atoms with Gasteiger partial charge < -0.3 is 11.1 Å². The molecule has 0 saturated carbocycles. The average molecular weight is 340 g/mol. The zero-order valence-electron chi connectivity index (χ0n) is 10.7. The minimum absolute atomic E-state index is 0.0907. The highest BCUT2D eigenvalue weighted by Crippen LogP contribution is 2.27. The molecule has 100 valence electrons. The lowest BCUT2D eigenvalue weighted by atomic mass is 10.0. The van der Waals surface area contributed by atoms with Crippen molar-refractivity contribution in [3.8, 4) is 0 Å². The zero-order chi connectivity index (χ0) is 13.8. The van der Waals surface area contributed by atoms with Gasteiger partial charge in [0.05, 0.1) is 11.1 Å². The maximum absolute atomic E-state index is 5.99. The highest BCUT2D eigenvalue weighted by Gasteiger charge is 2.10. The maximum atomic E-state index is 5.99. The molecule has 1 unspecified atom stereocenters. The molecule has 2 aromatic carbocycles. The topological polar surface area (TPSA) is 38.0 Å². The van der Waals surface area contributed by atoms with Crippen molar-refractivity contribution in [2.75, 3.05) is 11.9 Å². The number of nitrogens with two attached hydrogens (primary N) is 1. The quantitative estimate of drug-likeness (QED) is 0.859. The number of anilines is 1. The van der Waals surface area contributed by atoms with Crippen LogP contribution in [0.5, 0.6) is 0 Å². The molecular formula is C15H16BrClN2. The van der Waals surface area contributed by atoms with Crippen LogP contribution in [0.1, 0.15) is 17.2 Å². The van der Waals surface area contributed by atoms with E-state index in [9.17, 15) is 0 Å². The summed E-state index contributed by atoms with van der Waals surface area (Å²) in [6.07, 6.45) is 0. The molecule has 2 rings (SSSR count). The van der Waals surface area contributed by atoms with Gasteiger partial charge in [-0.15, -0.1) is 0 Å². The summed E-state index contributed by atoms with van der Waals surface area (Å²) in [5, 5.41) is 4.13. The van der Waals surface area contributed by atoms with Crippen LogP contribution in [0.2, 0.25) is 5.02 Å². The van der Waals surface area contributed by atoms with Crippen molar-refractivity contribution in [2.45, 2.75) is 13.0 Å². The number of hydrogen-bond acceptors (Lipinski definition) is 2. The van der Waals surface area contributed by atoms with Crippen LogP contribution >= 0.6 is 27.5 Å². The molecule has 0 fully saturated rings. The second-order valence-corrected chi connectivity index (χ2v) is 5.74. The molecule has 0 aliphatic heterocycles. The Morgan fingerprint density at radius 1 is 1.26 bits per heavy atom. The van der Waals surface area contributed by atoms with Crippen LogP contribution in [0.15, 0.2) is 46.9 Å². The summed E-state index contributed by atoms with van der Waals surface area (Å²) in [5.74, 6) is 0. The van der Waals surface area contributed by atoms with Crippen molar-refractivity contribution in [3.63, 3.8) is 0 Å². The van der Waals surface area contributed by atoms with Crippen molar-refractivity contribution < 1.29 is 0 Å². The lowest BCUT2D eigenvalue weighted by Crippen LogP contribution is -2.20. The number of nitrogens with one attached hydrogen (secondary N) is 1. The van der Waals surface area contributed by atoms with Gasteiger partial charge in [-0.05, 0) is 46.6 Å². The largest absolute Gasteiger partial charge is 0.377 e. The summed E-state index contributed by atoms with van der Waals surface area (Å²) in [6, 6.07) is 14.2. The predicted molar refractivity (Wildman–Crippen MR) is 85.7 cm³/mol. The lowest BCUT2D eigenvalue weighted by Gasteiger charge is -2.19. The molecule has 0 heterocycles. The van der Waals surface area contributed by atoms with E-state index in [1.54, 1.807) is 0 Å². The number of hydrogen-bond donors (Lipinski definition) is 2. The molecule has 3 N–H and O–H groups in total. The molecule has 0 saturated heterocycles. The van der Waals surface area contributed by atoms with Crippen molar-refractivity contribution in [2.24, 2.45) is 5.73 Å². The molecule has 2 nitrogen and oxygen atoms in total. The van der Waals surface area contributed by atoms with Gasteiger partial charge in [0, 0.05) is 16.7 Å². The number of benzene rings is 2. The van der Waals surface area contributed by atoms with E-state index < -0.39 is 0 Å². The summed E-state index contributed by atoms with van der Waals surface area (Å²) in [6.45, 7) is 2.61. The fraction of sp³-hybridized carbons (Fsp3) is 0.200. The molecule has 0 aliphatic rings. The van der Waals surface area contributed by atoms with E-state index in [4.69, 9.17) is 17.3 Å². The zero-order valence-corrected chi connectivity index (χ0v) is 13.0. The highest BCUT2D eigenvalue weighted by atomic mass is 79.9. The Hall–Kier alpha value is -1.03. The second kappa shape index (κ2) is 6.42. The first-order chi connectivity index (χ1) is 9.10. The molecule has 0 amide bonds. The van der Waals surface area contributed by atoms with Gasteiger partial charge in [-0.2, -0.15) is 0 Å². The van der Waals surface area contributed by atoms with E-state index in [0.717, 1.165) is 10.2 Å². The van der Waals surface area contributed by atoms with E-state index in [1.165, 1.54) is 11.1 Å². The van der Waals surface area contributed by atoms with E-state index in [2.05, 4.69) is 46.4 Å². The molecule has 0 aromatic heterocycles. The van der Waals surface area contributed by atoms with Gasteiger partial charge >= 0.3 is 0 Å². The van der Waals surface area contributed by atoms with E-state index in [1.807, 2.05) is 24.3 Å². The Kier molecular flexibility index (Phi) is 4.86. The van der Waals surface area contributed by atoms with Crippen LogP contribution in [0.25, 0.3) is 0 Å². The third kappa shape index (κ3) is 3.72. The van der Waals surface area contributed by atoms with Crippen molar-refractivity contribution in [1.82, 2.24) is 0 Å². The first-order valence-electron chi connectivity index (χ1n) is 6.08. The second-order valence-electron chi connectivity index (χ2n) is 4.48. The number of rotatable bonds is 4. The minimum Gasteiger partial charge on any atom is -0.377 e. The van der Waals surface area contributed by atoms with Crippen LogP contribution in [0.4, 0.5) is 5.69 Å². The molecule has 0 radical (unpaired) electrons. The van der Waals surface area contributed by atoms with Crippen LogP contribution in [-0.2, 0) is 0 Å². The van der Waals surface area contributed by atoms with E-state index >= 15 is 0 Å². The van der Waals surface area contributed by atoms with Gasteiger partial charge in [0.2, 0.25) is 0 Å². The van der Waals surface area contributed by atoms with Gasteiger partial charge in [0.1, 0.15) is 0 Å². The fourth-order valence-electron chi connectivity index (χ4n) is 1.95. The molecule has 0 aliphatic carbocycles. The van der Waals surface area contributed by atoms with Crippen LogP contribution in [0, 0.1) is 6.92 Å². The van der Waals surface area contributed by atoms with Crippen molar-refractivity contribution >= 4 is 33.2 Å². The monoisotopic (exact) mass is 338 g/mol. The third-order valence-electron chi connectivity index (χ3n) is 2.94. The molecule has 1 atom stereocenters. The van der Waals surface area contributed by atoms with Gasteiger partial charge in [0.15, 0.2) is 0 Å². The summed E-state index contributed by atoms with van der Waals surface area (Å²) in [4.78, 5) is 0.